The highest BCUT2D eigenvalue weighted by Crippen LogP contribution is 2.19. The molecule has 0 aliphatic heterocycles. The van der Waals surface area contributed by atoms with Crippen LogP contribution < -0.4 is 5.73 Å². The lowest BCUT2D eigenvalue weighted by Gasteiger charge is -2.24. The van der Waals surface area contributed by atoms with Crippen LogP contribution in [0.25, 0.3) is 0 Å². The molecule has 0 saturated heterocycles. The van der Waals surface area contributed by atoms with Crippen LogP contribution in [0.2, 0.25) is 0 Å². The summed E-state index contributed by atoms with van der Waals surface area (Å²) < 4.78 is 6.15. The van der Waals surface area contributed by atoms with Gasteiger partial charge in [-0.2, -0.15) is 0 Å². The molecule has 1 aromatic carbocycles. The third kappa shape index (κ3) is 4.48. The quantitative estimate of drug-likeness (QED) is 0.873. The van der Waals surface area contributed by atoms with Gasteiger partial charge < -0.3 is 10.5 Å². The molecule has 1 unspecified atom stereocenters. The Morgan fingerprint density at radius 1 is 1.47 bits per heavy atom. The molecule has 2 N–H and O–H groups in total. The Balaban J connectivity index is 2.54. The minimum absolute atomic E-state index is 0.252. The summed E-state index contributed by atoms with van der Waals surface area (Å²) >= 11 is 3.36. The van der Waals surface area contributed by atoms with Crippen LogP contribution in [0.1, 0.15) is 26.3 Å². The molecule has 3 nitrogen and oxygen atoms in total. The highest BCUT2D eigenvalue weighted by atomic mass is 79.9. The van der Waals surface area contributed by atoms with Crippen LogP contribution in [0.4, 0.5) is 0 Å². The zero-order chi connectivity index (χ0) is 13.1. The van der Waals surface area contributed by atoms with E-state index in [2.05, 4.69) is 15.9 Å². The summed E-state index contributed by atoms with van der Waals surface area (Å²) in [7, 11) is 0. The molecule has 0 bridgehead atoms. The summed E-state index contributed by atoms with van der Waals surface area (Å²) in [5.74, 6) is -0.363. The maximum Gasteiger partial charge on any atom is 0.323 e. The van der Waals surface area contributed by atoms with Crippen molar-refractivity contribution in [2.24, 2.45) is 11.1 Å². The fourth-order valence-electron chi connectivity index (χ4n) is 1.22. The van der Waals surface area contributed by atoms with E-state index in [1.165, 1.54) is 0 Å². The van der Waals surface area contributed by atoms with Gasteiger partial charge in [-0.05, 0) is 23.1 Å². The lowest BCUT2D eigenvalue weighted by Crippen LogP contribution is -2.43. The van der Waals surface area contributed by atoms with E-state index in [-0.39, 0.29) is 18.0 Å². The minimum Gasteiger partial charge on any atom is -0.460 e. The zero-order valence-electron chi connectivity index (χ0n) is 10.4. The number of hydrogen-bond donors (Lipinski definition) is 1. The first-order valence-electron chi connectivity index (χ1n) is 5.47. The fraction of sp³-hybridized carbons (Fsp3) is 0.462. The van der Waals surface area contributed by atoms with Crippen molar-refractivity contribution in [3.8, 4) is 0 Å². The summed E-state index contributed by atoms with van der Waals surface area (Å²) in [5.41, 5.74) is 6.46. The van der Waals surface area contributed by atoms with Gasteiger partial charge in [-0.15, -0.1) is 0 Å². The predicted molar refractivity (Wildman–Crippen MR) is 71.4 cm³/mol. The van der Waals surface area contributed by atoms with Gasteiger partial charge in [0.2, 0.25) is 0 Å². The van der Waals surface area contributed by atoms with Gasteiger partial charge in [-0.3, -0.25) is 4.79 Å². The summed E-state index contributed by atoms with van der Waals surface area (Å²) in [5, 5.41) is 0. The average Bonchev–Trinajstić information content (AvgIpc) is 2.23. The second-order valence-corrected chi connectivity index (χ2v) is 6.00. The number of benzene rings is 1. The average molecular weight is 300 g/mol. The van der Waals surface area contributed by atoms with E-state index in [1.807, 2.05) is 45.0 Å². The van der Waals surface area contributed by atoms with E-state index in [4.69, 9.17) is 10.5 Å². The molecule has 0 aliphatic rings. The molecule has 0 heterocycles. The third-order valence-corrected chi connectivity index (χ3v) is 2.95. The first kappa shape index (κ1) is 14.2. The van der Waals surface area contributed by atoms with Crippen molar-refractivity contribution < 1.29 is 9.53 Å². The summed E-state index contributed by atoms with van der Waals surface area (Å²) in [6, 6.07) is 7.04. The van der Waals surface area contributed by atoms with Gasteiger partial charge in [-0.1, -0.05) is 48.8 Å². The van der Waals surface area contributed by atoms with Crippen LogP contribution in [0.15, 0.2) is 28.7 Å². The second-order valence-electron chi connectivity index (χ2n) is 5.08. The summed E-state index contributed by atoms with van der Waals surface area (Å²) in [6.45, 7) is 6.00. The number of rotatable bonds is 3. The van der Waals surface area contributed by atoms with Crippen LogP contribution in [-0.2, 0) is 16.1 Å². The van der Waals surface area contributed by atoms with E-state index in [9.17, 15) is 4.79 Å². The van der Waals surface area contributed by atoms with Crippen LogP contribution in [0.5, 0.6) is 0 Å². The van der Waals surface area contributed by atoms with Crippen molar-refractivity contribution in [3.05, 3.63) is 34.3 Å². The molecular formula is C13H18BrNO2. The van der Waals surface area contributed by atoms with E-state index in [0.29, 0.717) is 0 Å². The molecule has 0 radical (unpaired) electrons. The van der Waals surface area contributed by atoms with Crippen molar-refractivity contribution in [1.29, 1.82) is 0 Å². The monoisotopic (exact) mass is 299 g/mol. The lowest BCUT2D eigenvalue weighted by molar-refractivity contribution is -0.149. The molecule has 0 saturated carbocycles. The largest absolute Gasteiger partial charge is 0.460 e. The highest BCUT2D eigenvalue weighted by molar-refractivity contribution is 9.10. The summed E-state index contributed by atoms with van der Waals surface area (Å²) in [6.07, 6.45) is 0. The number of carbonyl (C=O) groups is 1. The molecular weight excluding hydrogens is 282 g/mol. The van der Waals surface area contributed by atoms with Gasteiger partial charge in [0.05, 0.1) is 0 Å². The van der Waals surface area contributed by atoms with E-state index >= 15 is 0 Å². The van der Waals surface area contributed by atoms with Gasteiger partial charge in [0.25, 0.3) is 0 Å². The van der Waals surface area contributed by atoms with Crippen molar-refractivity contribution >= 4 is 21.9 Å². The molecule has 1 atom stereocenters. The zero-order valence-corrected chi connectivity index (χ0v) is 12.0. The Kier molecular flexibility index (Phi) is 4.71. The molecule has 1 aromatic rings. The molecule has 4 heteroatoms. The summed E-state index contributed by atoms with van der Waals surface area (Å²) in [4.78, 5) is 11.7. The topological polar surface area (TPSA) is 52.3 Å². The van der Waals surface area contributed by atoms with Gasteiger partial charge in [0.1, 0.15) is 12.6 Å². The van der Waals surface area contributed by atoms with Crippen molar-refractivity contribution in [3.63, 3.8) is 0 Å². The Bertz CT molecular complexity index is 399. The number of halogens is 1. The van der Waals surface area contributed by atoms with Crippen LogP contribution in [0, 0.1) is 5.41 Å². The normalized spacial score (nSPS) is 13.2. The maximum absolute atomic E-state index is 11.7. The molecule has 0 fully saturated rings. The Labute approximate surface area is 110 Å². The van der Waals surface area contributed by atoms with Crippen LogP contribution in [0.3, 0.4) is 0 Å². The molecule has 94 valence electrons. The first-order chi connectivity index (χ1) is 7.80. The van der Waals surface area contributed by atoms with Crippen molar-refractivity contribution in [2.45, 2.75) is 33.4 Å². The molecule has 0 spiro atoms. The smallest absolute Gasteiger partial charge is 0.323 e. The number of ether oxygens (including phenoxy) is 1. The number of esters is 1. The number of nitrogens with two attached hydrogens (primary N) is 1. The minimum atomic E-state index is -0.602. The maximum atomic E-state index is 11.7. The van der Waals surface area contributed by atoms with Gasteiger partial charge in [0.15, 0.2) is 0 Å². The van der Waals surface area contributed by atoms with E-state index < -0.39 is 6.04 Å². The SMILES string of the molecule is CC(C)(C)C(N)C(=O)OCc1cccc(Br)c1. The van der Waals surface area contributed by atoms with Crippen molar-refractivity contribution in [2.75, 3.05) is 0 Å². The second kappa shape index (κ2) is 5.65. The van der Waals surface area contributed by atoms with Gasteiger partial charge in [0, 0.05) is 4.47 Å². The Morgan fingerprint density at radius 2 is 2.12 bits per heavy atom. The van der Waals surface area contributed by atoms with Gasteiger partial charge >= 0.3 is 5.97 Å². The van der Waals surface area contributed by atoms with E-state index in [0.717, 1.165) is 10.0 Å². The molecule has 0 amide bonds. The number of hydrogen-bond acceptors (Lipinski definition) is 3. The molecule has 1 rings (SSSR count). The first-order valence-corrected chi connectivity index (χ1v) is 6.26. The fourth-order valence-corrected chi connectivity index (χ4v) is 1.67. The van der Waals surface area contributed by atoms with Crippen molar-refractivity contribution in [1.82, 2.24) is 0 Å². The van der Waals surface area contributed by atoms with E-state index in [1.54, 1.807) is 0 Å². The predicted octanol–water partition coefficient (Wildman–Crippen LogP) is 2.87. The van der Waals surface area contributed by atoms with Crippen LogP contribution >= 0.6 is 15.9 Å². The Hall–Kier alpha value is -0.870. The molecule has 0 aliphatic carbocycles. The molecule has 17 heavy (non-hydrogen) atoms. The standard InChI is InChI=1S/C13H18BrNO2/c1-13(2,3)11(15)12(16)17-8-9-5-4-6-10(14)7-9/h4-7,11H,8,15H2,1-3H3. The highest BCUT2D eigenvalue weighted by Gasteiger charge is 2.28. The Morgan fingerprint density at radius 3 is 2.65 bits per heavy atom. The van der Waals surface area contributed by atoms with Gasteiger partial charge in [-0.25, -0.2) is 0 Å². The molecule has 0 aromatic heterocycles. The van der Waals surface area contributed by atoms with Crippen LogP contribution in [-0.4, -0.2) is 12.0 Å². The third-order valence-electron chi connectivity index (χ3n) is 2.46. The number of carbonyl (C=O) groups excluding carboxylic acids is 1. The lowest BCUT2D eigenvalue weighted by atomic mass is 9.87.